The molecule has 4 heteroatoms. The number of rotatable bonds is 3. The van der Waals surface area contributed by atoms with Crippen LogP contribution in [0.2, 0.25) is 0 Å². The predicted molar refractivity (Wildman–Crippen MR) is 55.3 cm³/mol. The lowest BCUT2D eigenvalue weighted by molar-refractivity contribution is -0.147. The van der Waals surface area contributed by atoms with Gasteiger partial charge in [-0.3, -0.25) is 4.79 Å². The number of carbonyl (C=O) groups is 1. The third-order valence-corrected chi connectivity index (χ3v) is 3.33. The highest BCUT2D eigenvalue weighted by atomic mass is 16.5. The van der Waals surface area contributed by atoms with Gasteiger partial charge in [0.2, 0.25) is 0 Å². The van der Waals surface area contributed by atoms with E-state index in [9.17, 15) is 9.90 Å². The van der Waals surface area contributed by atoms with Crippen LogP contribution in [-0.4, -0.2) is 36.4 Å². The van der Waals surface area contributed by atoms with E-state index in [1.54, 1.807) is 0 Å². The van der Waals surface area contributed by atoms with Crippen LogP contribution in [0.25, 0.3) is 0 Å². The fourth-order valence-electron chi connectivity index (χ4n) is 2.37. The Hall–Kier alpha value is -0.610. The highest BCUT2D eigenvalue weighted by Crippen LogP contribution is 2.24. The van der Waals surface area contributed by atoms with Crippen LogP contribution in [0, 0.1) is 5.92 Å². The fourth-order valence-corrected chi connectivity index (χ4v) is 2.37. The van der Waals surface area contributed by atoms with E-state index in [1.165, 1.54) is 25.7 Å². The Labute approximate surface area is 90.0 Å². The minimum Gasteiger partial charge on any atom is -0.464 e. The first kappa shape index (κ1) is 10.9. The summed E-state index contributed by atoms with van der Waals surface area (Å²) < 4.78 is 5.25. The van der Waals surface area contributed by atoms with Crippen molar-refractivity contribution in [1.82, 2.24) is 5.32 Å². The van der Waals surface area contributed by atoms with Gasteiger partial charge in [-0.15, -0.1) is 0 Å². The van der Waals surface area contributed by atoms with Gasteiger partial charge in [-0.1, -0.05) is 12.8 Å². The maximum Gasteiger partial charge on any atom is 0.323 e. The van der Waals surface area contributed by atoms with Crippen molar-refractivity contribution in [1.29, 1.82) is 0 Å². The van der Waals surface area contributed by atoms with Gasteiger partial charge in [0.25, 0.3) is 0 Å². The topological polar surface area (TPSA) is 58.6 Å². The molecule has 1 aliphatic heterocycles. The summed E-state index contributed by atoms with van der Waals surface area (Å²) >= 11 is 0. The number of nitrogens with one attached hydrogen (secondary N) is 1. The van der Waals surface area contributed by atoms with Crippen LogP contribution in [0.15, 0.2) is 0 Å². The van der Waals surface area contributed by atoms with E-state index >= 15 is 0 Å². The first-order chi connectivity index (χ1) is 7.25. The van der Waals surface area contributed by atoms with Gasteiger partial charge in [-0.2, -0.15) is 0 Å². The van der Waals surface area contributed by atoms with Gasteiger partial charge >= 0.3 is 5.97 Å². The van der Waals surface area contributed by atoms with Gasteiger partial charge in [-0.25, -0.2) is 0 Å². The van der Waals surface area contributed by atoms with Crippen LogP contribution < -0.4 is 5.32 Å². The molecule has 1 heterocycles. The van der Waals surface area contributed by atoms with Gasteiger partial charge in [0.05, 0.1) is 12.7 Å². The summed E-state index contributed by atoms with van der Waals surface area (Å²) in [6.07, 6.45) is 5.01. The Morgan fingerprint density at radius 3 is 2.73 bits per heavy atom. The molecule has 0 spiro atoms. The number of carbonyl (C=O) groups excluding carboxylic acids is 1. The summed E-state index contributed by atoms with van der Waals surface area (Å²) in [5.41, 5.74) is 0. The molecule has 2 rings (SSSR count). The molecule has 1 saturated heterocycles. The first-order valence-electron chi connectivity index (χ1n) is 5.84. The third kappa shape index (κ3) is 2.92. The molecule has 1 unspecified atom stereocenters. The molecule has 2 atom stereocenters. The van der Waals surface area contributed by atoms with Crippen LogP contribution in [0.3, 0.4) is 0 Å². The van der Waals surface area contributed by atoms with Gasteiger partial charge < -0.3 is 15.2 Å². The molecule has 15 heavy (non-hydrogen) atoms. The number of β-amino-alcohol motifs (C(OH)–C–C–N with tert-alkyl or cyclic N) is 1. The van der Waals surface area contributed by atoms with Crippen LogP contribution in [0.1, 0.15) is 32.1 Å². The number of aliphatic hydroxyl groups excluding tert-OH is 1. The second kappa shape index (κ2) is 4.94. The van der Waals surface area contributed by atoms with Crippen molar-refractivity contribution < 1.29 is 14.6 Å². The summed E-state index contributed by atoms with van der Waals surface area (Å²) in [5, 5.41) is 12.2. The average Bonchev–Trinajstić information content (AvgIpc) is 2.84. The van der Waals surface area contributed by atoms with E-state index in [-0.39, 0.29) is 12.0 Å². The second-order valence-corrected chi connectivity index (χ2v) is 4.63. The Morgan fingerprint density at radius 2 is 2.13 bits per heavy atom. The third-order valence-electron chi connectivity index (χ3n) is 3.33. The minimum absolute atomic E-state index is 0.196. The van der Waals surface area contributed by atoms with Crippen LogP contribution in [0.5, 0.6) is 0 Å². The zero-order chi connectivity index (χ0) is 10.7. The number of hydrogen-bond acceptors (Lipinski definition) is 4. The quantitative estimate of drug-likeness (QED) is 0.668. The smallest absolute Gasteiger partial charge is 0.323 e. The highest BCUT2D eigenvalue weighted by molar-refractivity contribution is 5.76. The molecule has 4 nitrogen and oxygen atoms in total. The minimum atomic E-state index is -0.394. The Balaban J connectivity index is 1.67. The summed E-state index contributed by atoms with van der Waals surface area (Å²) in [7, 11) is 0. The highest BCUT2D eigenvalue weighted by Gasteiger charge is 2.29. The van der Waals surface area contributed by atoms with E-state index < -0.39 is 6.10 Å². The van der Waals surface area contributed by atoms with Crippen molar-refractivity contribution in [2.45, 2.75) is 44.2 Å². The normalized spacial score (nSPS) is 32.1. The van der Waals surface area contributed by atoms with Gasteiger partial charge in [0.15, 0.2) is 0 Å². The lowest BCUT2D eigenvalue weighted by atomic mass is 10.1. The average molecular weight is 213 g/mol. The van der Waals surface area contributed by atoms with E-state index in [0.717, 1.165) is 0 Å². The van der Waals surface area contributed by atoms with Crippen LogP contribution >= 0.6 is 0 Å². The van der Waals surface area contributed by atoms with E-state index in [2.05, 4.69) is 5.32 Å². The van der Waals surface area contributed by atoms with E-state index in [4.69, 9.17) is 4.74 Å². The van der Waals surface area contributed by atoms with Crippen molar-refractivity contribution in [3.8, 4) is 0 Å². The Kier molecular flexibility index (Phi) is 3.59. The van der Waals surface area contributed by atoms with Gasteiger partial charge in [-0.05, 0) is 18.8 Å². The van der Waals surface area contributed by atoms with Crippen molar-refractivity contribution in [2.24, 2.45) is 5.92 Å². The second-order valence-electron chi connectivity index (χ2n) is 4.63. The molecular weight excluding hydrogens is 194 g/mol. The Bertz CT molecular complexity index is 226. The molecule has 0 aromatic heterocycles. The number of aliphatic hydroxyl groups is 1. The monoisotopic (exact) mass is 213 g/mol. The van der Waals surface area contributed by atoms with Crippen molar-refractivity contribution in [2.75, 3.05) is 13.2 Å². The van der Waals surface area contributed by atoms with Crippen LogP contribution in [-0.2, 0) is 9.53 Å². The summed E-state index contributed by atoms with van der Waals surface area (Å²) in [6.45, 7) is 1.07. The largest absolute Gasteiger partial charge is 0.464 e. The molecule has 0 bridgehead atoms. The fraction of sp³-hybridized carbons (Fsp3) is 0.909. The van der Waals surface area contributed by atoms with E-state index in [0.29, 0.717) is 25.5 Å². The standard InChI is InChI=1S/C11H19NO3/c13-9-5-10(12-6-9)11(14)15-7-8-3-1-2-4-8/h8-10,12-13H,1-7H2/t9?,10-/m0/s1. The summed E-state index contributed by atoms with van der Waals surface area (Å²) in [6, 6.07) is -0.290. The maximum atomic E-state index is 11.6. The van der Waals surface area contributed by atoms with Crippen molar-refractivity contribution >= 4 is 5.97 Å². The maximum absolute atomic E-state index is 11.6. The van der Waals surface area contributed by atoms with Crippen molar-refractivity contribution in [3.05, 3.63) is 0 Å². The van der Waals surface area contributed by atoms with Gasteiger partial charge in [0.1, 0.15) is 6.04 Å². The molecule has 86 valence electrons. The van der Waals surface area contributed by atoms with Crippen molar-refractivity contribution in [3.63, 3.8) is 0 Å². The Morgan fingerprint density at radius 1 is 1.40 bits per heavy atom. The molecule has 0 aromatic carbocycles. The molecule has 0 amide bonds. The molecule has 2 N–H and O–H groups in total. The molecule has 1 saturated carbocycles. The lowest BCUT2D eigenvalue weighted by Crippen LogP contribution is -2.33. The number of ether oxygens (including phenoxy) is 1. The summed E-state index contributed by atoms with van der Waals surface area (Å²) in [4.78, 5) is 11.6. The SMILES string of the molecule is O=C(OCC1CCCC1)[C@@H]1CC(O)CN1. The molecule has 2 fully saturated rings. The molecule has 2 aliphatic rings. The molecule has 0 radical (unpaired) electrons. The summed E-state index contributed by atoms with van der Waals surface area (Å²) in [5.74, 6) is 0.374. The zero-order valence-corrected chi connectivity index (χ0v) is 8.95. The number of hydrogen-bond donors (Lipinski definition) is 2. The molecule has 1 aliphatic carbocycles. The van der Waals surface area contributed by atoms with E-state index in [1.807, 2.05) is 0 Å². The first-order valence-corrected chi connectivity index (χ1v) is 5.84. The molecular formula is C11H19NO3. The molecule has 0 aromatic rings. The predicted octanol–water partition coefficient (Wildman–Crippen LogP) is 0.443. The number of esters is 1. The lowest BCUT2D eigenvalue weighted by Gasteiger charge is -2.13. The van der Waals surface area contributed by atoms with Gasteiger partial charge in [0, 0.05) is 13.0 Å². The van der Waals surface area contributed by atoms with Crippen LogP contribution in [0.4, 0.5) is 0 Å². The zero-order valence-electron chi connectivity index (χ0n) is 8.95.